The van der Waals surface area contributed by atoms with Gasteiger partial charge in [-0.05, 0) is 37.3 Å². The standard InChI is InChI=1S/C21H20F4N4O3/c22-20(8-2-1-3-15(20)26-17(30)11-4-5-11)29-10-13-7-6-12(9-14(13)18(29)31)16-27-19(32-28-16)21(23,24)25/h6-7,9,11,15H,1-5,8,10H2,(H,26,30)/t15-,20+/m1/s1. The van der Waals surface area contributed by atoms with Crippen molar-refractivity contribution >= 4 is 11.8 Å². The van der Waals surface area contributed by atoms with Crippen molar-refractivity contribution in [3.05, 3.63) is 35.2 Å². The number of benzene rings is 1. The van der Waals surface area contributed by atoms with Gasteiger partial charge >= 0.3 is 12.1 Å². The SMILES string of the molecule is O=C(N[C@@H]1CCCC[C@]1(F)N1Cc2ccc(-c3noc(C(F)(F)F)n3)cc2C1=O)C1CC1. The van der Waals surface area contributed by atoms with E-state index < -0.39 is 29.8 Å². The lowest BCUT2D eigenvalue weighted by Gasteiger charge is -2.43. The number of halogens is 4. The van der Waals surface area contributed by atoms with E-state index >= 15 is 4.39 Å². The van der Waals surface area contributed by atoms with Crippen LogP contribution in [0.3, 0.4) is 0 Å². The van der Waals surface area contributed by atoms with Crippen LogP contribution in [0.2, 0.25) is 0 Å². The van der Waals surface area contributed by atoms with Gasteiger partial charge in [-0.15, -0.1) is 0 Å². The summed E-state index contributed by atoms with van der Waals surface area (Å²) in [5.74, 6) is -4.66. The van der Waals surface area contributed by atoms with Crippen molar-refractivity contribution in [1.29, 1.82) is 0 Å². The lowest BCUT2D eigenvalue weighted by Crippen LogP contribution is -2.61. The number of hydrogen-bond donors (Lipinski definition) is 1. The molecule has 11 heteroatoms. The highest BCUT2D eigenvalue weighted by atomic mass is 19.4. The van der Waals surface area contributed by atoms with E-state index in [2.05, 4.69) is 20.0 Å². The molecule has 1 aromatic heterocycles. The number of fused-ring (bicyclic) bond motifs is 1. The molecule has 2 heterocycles. The molecule has 3 aliphatic rings. The second-order valence-corrected chi connectivity index (χ2v) is 8.58. The molecule has 1 N–H and O–H groups in total. The van der Waals surface area contributed by atoms with Crippen molar-refractivity contribution in [2.45, 2.75) is 63.1 Å². The van der Waals surface area contributed by atoms with E-state index in [1.807, 2.05) is 0 Å². The highest BCUT2D eigenvalue weighted by Gasteiger charge is 2.52. The first-order valence-electron chi connectivity index (χ1n) is 10.5. The number of carbonyl (C=O) groups excluding carboxylic acids is 2. The molecule has 2 saturated carbocycles. The highest BCUT2D eigenvalue weighted by Crippen LogP contribution is 2.42. The van der Waals surface area contributed by atoms with E-state index in [0.717, 1.165) is 24.2 Å². The van der Waals surface area contributed by atoms with Gasteiger partial charge in [-0.2, -0.15) is 18.2 Å². The second-order valence-electron chi connectivity index (χ2n) is 8.58. The van der Waals surface area contributed by atoms with Crippen LogP contribution in [-0.2, 0) is 17.5 Å². The lowest BCUT2D eigenvalue weighted by atomic mass is 9.86. The third-order valence-electron chi connectivity index (χ3n) is 6.36. The number of nitrogens with one attached hydrogen (secondary N) is 1. The Labute approximate surface area is 180 Å². The smallest absolute Gasteiger partial charge is 0.348 e. The van der Waals surface area contributed by atoms with Crippen molar-refractivity contribution in [2.75, 3.05) is 0 Å². The van der Waals surface area contributed by atoms with E-state index in [1.165, 1.54) is 12.1 Å². The third-order valence-corrected chi connectivity index (χ3v) is 6.36. The van der Waals surface area contributed by atoms with Crippen LogP contribution in [0.4, 0.5) is 17.6 Å². The fourth-order valence-corrected chi connectivity index (χ4v) is 4.45. The number of nitrogens with zero attached hydrogens (tertiary/aromatic N) is 3. The summed E-state index contributed by atoms with van der Waals surface area (Å²) < 4.78 is 58.8. The molecular formula is C21H20F4N4O3. The molecule has 0 saturated heterocycles. The molecule has 2 fully saturated rings. The van der Waals surface area contributed by atoms with Gasteiger partial charge < -0.3 is 9.84 Å². The average molecular weight is 452 g/mol. The van der Waals surface area contributed by atoms with E-state index in [0.29, 0.717) is 18.4 Å². The van der Waals surface area contributed by atoms with E-state index in [4.69, 9.17) is 0 Å². The van der Waals surface area contributed by atoms with Crippen molar-refractivity contribution in [1.82, 2.24) is 20.4 Å². The van der Waals surface area contributed by atoms with Crippen molar-refractivity contribution in [3.8, 4) is 11.4 Å². The number of rotatable bonds is 4. The maximum atomic E-state index is 16.3. The highest BCUT2D eigenvalue weighted by molar-refractivity contribution is 6.00. The number of amides is 2. The van der Waals surface area contributed by atoms with Crippen LogP contribution in [0.1, 0.15) is 60.3 Å². The molecule has 170 valence electrons. The molecule has 5 rings (SSSR count). The largest absolute Gasteiger partial charge is 0.471 e. The first kappa shape index (κ1) is 20.9. The number of alkyl halides is 4. The summed E-state index contributed by atoms with van der Waals surface area (Å²) in [5.41, 5.74) is 0.886. The minimum atomic E-state index is -4.78. The number of aromatic nitrogens is 2. The summed E-state index contributed by atoms with van der Waals surface area (Å²) in [6, 6.07) is 3.58. The monoisotopic (exact) mass is 452 g/mol. The Morgan fingerprint density at radius 3 is 2.69 bits per heavy atom. The zero-order valence-electron chi connectivity index (χ0n) is 16.9. The predicted molar refractivity (Wildman–Crippen MR) is 102 cm³/mol. The molecule has 7 nitrogen and oxygen atoms in total. The van der Waals surface area contributed by atoms with E-state index in [9.17, 15) is 22.8 Å². The molecule has 0 bridgehead atoms. The Morgan fingerprint density at radius 2 is 2.00 bits per heavy atom. The van der Waals surface area contributed by atoms with Crippen molar-refractivity contribution < 1.29 is 31.7 Å². The number of hydrogen-bond acceptors (Lipinski definition) is 5. The summed E-state index contributed by atoms with van der Waals surface area (Å²) in [6.45, 7) is 0.0147. The molecule has 1 aliphatic heterocycles. The molecule has 2 atom stereocenters. The Balaban J connectivity index is 1.41. The average Bonchev–Trinajstić information content (AvgIpc) is 3.38. The van der Waals surface area contributed by atoms with Gasteiger partial charge in [0, 0.05) is 30.0 Å². The lowest BCUT2D eigenvalue weighted by molar-refractivity contribution is -0.159. The quantitative estimate of drug-likeness (QED) is 0.563. The molecule has 0 radical (unpaired) electrons. The van der Waals surface area contributed by atoms with Gasteiger partial charge in [0.25, 0.3) is 5.91 Å². The first-order valence-corrected chi connectivity index (χ1v) is 10.5. The zero-order valence-corrected chi connectivity index (χ0v) is 16.9. The van der Waals surface area contributed by atoms with Crippen LogP contribution in [0.15, 0.2) is 22.7 Å². The van der Waals surface area contributed by atoms with Gasteiger partial charge in [0.1, 0.15) is 0 Å². The van der Waals surface area contributed by atoms with Crippen LogP contribution < -0.4 is 5.32 Å². The van der Waals surface area contributed by atoms with Gasteiger partial charge in [0.2, 0.25) is 17.5 Å². The van der Waals surface area contributed by atoms with Gasteiger partial charge in [-0.25, -0.2) is 4.39 Å². The van der Waals surface area contributed by atoms with Gasteiger partial charge in [-0.1, -0.05) is 23.7 Å². The summed E-state index contributed by atoms with van der Waals surface area (Å²) >= 11 is 0. The molecule has 1 aromatic carbocycles. The van der Waals surface area contributed by atoms with Gasteiger partial charge in [-0.3, -0.25) is 14.5 Å². The summed E-state index contributed by atoms with van der Waals surface area (Å²) in [5, 5.41) is 6.14. The molecule has 0 unspecified atom stereocenters. The minimum Gasteiger partial charge on any atom is -0.348 e. The fraction of sp³-hybridized carbons (Fsp3) is 0.524. The maximum absolute atomic E-state index is 16.3. The predicted octanol–water partition coefficient (Wildman–Crippen LogP) is 3.85. The summed E-state index contributed by atoms with van der Waals surface area (Å²) in [6.07, 6.45) is -1.32. The normalized spacial score (nSPS) is 25.7. The molecule has 2 aromatic rings. The van der Waals surface area contributed by atoms with Crippen LogP contribution >= 0.6 is 0 Å². The Hall–Kier alpha value is -2.98. The Morgan fingerprint density at radius 1 is 1.22 bits per heavy atom. The van der Waals surface area contributed by atoms with Crippen molar-refractivity contribution in [3.63, 3.8) is 0 Å². The molecule has 32 heavy (non-hydrogen) atoms. The van der Waals surface area contributed by atoms with Crippen LogP contribution in [0.5, 0.6) is 0 Å². The molecule has 2 amide bonds. The third kappa shape index (κ3) is 3.53. The van der Waals surface area contributed by atoms with Crippen LogP contribution in [0.25, 0.3) is 11.4 Å². The number of carbonyl (C=O) groups is 2. The van der Waals surface area contributed by atoms with Crippen LogP contribution in [0, 0.1) is 5.92 Å². The van der Waals surface area contributed by atoms with E-state index in [-0.39, 0.29) is 41.7 Å². The molecule has 0 spiro atoms. The van der Waals surface area contributed by atoms with Crippen LogP contribution in [-0.4, -0.2) is 38.7 Å². The fourth-order valence-electron chi connectivity index (χ4n) is 4.45. The Kier molecular flexibility index (Phi) is 4.75. The first-order chi connectivity index (χ1) is 15.2. The molecular weight excluding hydrogens is 432 g/mol. The summed E-state index contributed by atoms with van der Waals surface area (Å²) in [4.78, 5) is 29.9. The van der Waals surface area contributed by atoms with Gasteiger partial charge in [0.15, 0.2) is 0 Å². The zero-order chi connectivity index (χ0) is 22.7. The maximum Gasteiger partial charge on any atom is 0.471 e. The topological polar surface area (TPSA) is 88.3 Å². The molecule has 2 aliphatic carbocycles. The van der Waals surface area contributed by atoms with Crippen molar-refractivity contribution in [2.24, 2.45) is 5.92 Å². The minimum absolute atomic E-state index is 0.0147. The Bertz CT molecular complexity index is 1080. The second kappa shape index (κ2) is 7.28. The van der Waals surface area contributed by atoms with E-state index in [1.54, 1.807) is 6.07 Å². The van der Waals surface area contributed by atoms with Gasteiger partial charge in [0.05, 0.1) is 6.04 Å². The summed E-state index contributed by atoms with van der Waals surface area (Å²) in [7, 11) is 0.